The van der Waals surface area contributed by atoms with E-state index < -0.39 is 5.97 Å². The fourth-order valence-corrected chi connectivity index (χ4v) is 4.67. The summed E-state index contributed by atoms with van der Waals surface area (Å²) >= 11 is 0. The lowest BCUT2D eigenvalue weighted by atomic mass is 10.0. The lowest BCUT2D eigenvalue weighted by Crippen LogP contribution is -1.93. The molecule has 0 fully saturated rings. The van der Waals surface area contributed by atoms with Crippen molar-refractivity contribution in [3.05, 3.63) is 20.9 Å². The number of unbranched alkanes of at least 4 members (excludes halogenated alkanes) is 23. The minimum absolute atomic E-state index is 0.319. The molecule has 0 aromatic carbocycles. The SMILES string of the molecule is CCCCCCCCCCCCCCCC(=O)N=[N+]=[N-].[N-]=[N+]=NCCCCCCCCCCCCCCC(=O)O. The molecule has 40 heavy (non-hydrogen) atoms. The van der Waals surface area contributed by atoms with Gasteiger partial charge >= 0.3 is 5.97 Å². The van der Waals surface area contributed by atoms with Crippen LogP contribution in [0.3, 0.4) is 0 Å². The predicted octanol–water partition coefficient (Wildman–Crippen LogP) is 11.8. The highest BCUT2D eigenvalue weighted by Crippen LogP contribution is 2.14. The van der Waals surface area contributed by atoms with Crippen molar-refractivity contribution < 1.29 is 14.7 Å². The Morgan fingerprint density at radius 3 is 1.23 bits per heavy atom. The zero-order valence-corrected chi connectivity index (χ0v) is 25.7. The number of carbonyl (C=O) groups is 2. The highest BCUT2D eigenvalue weighted by Gasteiger charge is 1.99. The number of carbonyl (C=O) groups excluding carboxylic acids is 1. The Hall–Kier alpha value is -2.24. The average molecular weight is 565 g/mol. The third kappa shape index (κ3) is 40.3. The second kappa shape index (κ2) is 36.8. The Balaban J connectivity index is 0. The maximum Gasteiger partial charge on any atom is 0.303 e. The summed E-state index contributed by atoms with van der Waals surface area (Å²) in [5.74, 6) is -1.000. The van der Waals surface area contributed by atoms with E-state index in [2.05, 4.69) is 27.0 Å². The zero-order chi connectivity index (χ0) is 29.8. The molecule has 0 aliphatic carbocycles. The van der Waals surface area contributed by atoms with E-state index in [0.717, 1.165) is 32.1 Å². The van der Waals surface area contributed by atoms with Crippen molar-refractivity contribution >= 4 is 11.9 Å². The minimum Gasteiger partial charge on any atom is -0.481 e. The Bertz CT molecular complexity index is 647. The number of azide groups is 2. The molecular weight excluding hydrogens is 504 g/mol. The van der Waals surface area contributed by atoms with Crippen molar-refractivity contribution in [3.8, 4) is 0 Å². The van der Waals surface area contributed by atoms with E-state index in [9.17, 15) is 9.59 Å². The van der Waals surface area contributed by atoms with Crippen molar-refractivity contribution in [2.24, 2.45) is 10.2 Å². The fraction of sp³-hybridized carbons (Fsp3) is 0.935. The number of carboxylic acids is 1. The topological polar surface area (TPSA) is 152 Å². The van der Waals surface area contributed by atoms with Gasteiger partial charge in [0.1, 0.15) is 0 Å². The summed E-state index contributed by atoms with van der Waals surface area (Å²) in [7, 11) is 0. The lowest BCUT2D eigenvalue weighted by molar-refractivity contribution is -0.137. The van der Waals surface area contributed by atoms with E-state index in [-0.39, 0.29) is 5.91 Å². The standard InChI is InChI=1S/C16H31N3O.C15H29N3O2/c1-2-3-4-5-6-7-8-9-10-11-12-13-14-15-16(20)18-19-17;16-18-17-14-12-10-8-6-4-2-1-3-5-7-9-11-13-15(19)20/h2-15H2,1H3;1-14H2,(H,19,20). The van der Waals surface area contributed by atoms with Gasteiger partial charge in [-0.1, -0.05) is 153 Å². The maximum atomic E-state index is 10.9. The van der Waals surface area contributed by atoms with Crippen molar-refractivity contribution in [2.45, 2.75) is 180 Å². The number of amides is 1. The van der Waals surface area contributed by atoms with Crippen LogP contribution < -0.4 is 0 Å². The van der Waals surface area contributed by atoms with E-state index in [1.54, 1.807) is 0 Å². The van der Waals surface area contributed by atoms with Crippen molar-refractivity contribution in [3.63, 3.8) is 0 Å². The number of aliphatic carboxylic acids is 1. The molecule has 9 nitrogen and oxygen atoms in total. The molecule has 0 saturated carbocycles. The van der Waals surface area contributed by atoms with Crippen LogP contribution in [0.1, 0.15) is 180 Å². The molecule has 232 valence electrons. The molecule has 0 aromatic heterocycles. The van der Waals surface area contributed by atoms with Crippen LogP contribution in [0, 0.1) is 0 Å². The summed E-state index contributed by atoms with van der Waals surface area (Å²) in [5.41, 5.74) is 16.2. The number of hydrogen-bond donors (Lipinski definition) is 1. The third-order valence-electron chi connectivity index (χ3n) is 7.11. The van der Waals surface area contributed by atoms with Crippen molar-refractivity contribution in [1.82, 2.24) is 0 Å². The first kappa shape index (κ1) is 39.9. The molecule has 0 saturated heterocycles. The highest BCUT2D eigenvalue weighted by molar-refractivity contribution is 5.76. The predicted molar refractivity (Wildman–Crippen MR) is 166 cm³/mol. The van der Waals surface area contributed by atoms with Gasteiger partial charge in [0.2, 0.25) is 5.91 Å². The first-order valence-electron chi connectivity index (χ1n) is 16.4. The molecule has 1 amide bonds. The molecule has 0 spiro atoms. The van der Waals surface area contributed by atoms with Gasteiger partial charge in [-0.3, -0.25) is 9.59 Å². The molecule has 0 unspecified atom stereocenters. The van der Waals surface area contributed by atoms with Crippen molar-refractivity contribution in [1.29, 1.82) is 0 Å². The van der Waals surface area contributed by atoms with Crippen LogP contribution in [0.15, 0.2) is 10.2 Å². The van der Waals surface area contributed by atoms with Crippen LogP contribution in [0.4, 0.5) is 0 Å². The van der Waals surface area contributed by atoms with Gasteiger partial charge in [0.15, 0.2) is 0 Å². The summed E-state index contributed by atoms with van der Waals surface area (Å²) in [5, 5.41) is 15.1. The number of hydrogen-bond acceptors (Lipinski definition) is 3. The number of rotatable bonds is 29. The van der Waals surface area contributed by atoms with Gasteiger partial charge in [-0.15, -0.1) is 0 Å². The Morgan fingerprint density at radius 2 is 0.875 bits per heavy atom. The lowest BCUT2D eigenvalue weighted by Gasteiger charge is -2.02. The van der Waals surface area contributed by atoms with E-state index in [0.29, 0.717) is 19.4 Å². The molecule has 0 atom stereocenters. The Morgan fingerprint density at radius 1 is 0.525 bits per heavy atom. The molecular formula is C31H60N6O3. The van der Waals surface area contributed by atoms with Gasteiger partial charge in [0, 0.05) is 29.2 Å². The molecule has 1 N–H and O–H groups in total. The summed E-state index contributed by atoms with van der Waals surface area (Å²) in [4.78, 5) is 26.5. The molecule has 0 heterocycles. The summed E-state index contributed by atoms with van der Waals surface area (Å²) in [6.07, 6.45) is 31.7. The smallest absolute Gasteiger partial charge is 0.303 e. The number of carboxylic acid groups (broad SMARTS) is 1. The largest absolute Gasteiger partial charge is 0.481 e. The monoisotopic (exact) mass is 564 g/mol. The number of nitrogens with zero attached hydrogens (tertiary/aromatic N) is 6. The summed E-state index contributed by atoms with van der Waals surface area (Å²) < 4.78 is 0. The van der Waals surface area contributed by atoms with Gasteiger partial charge in [-0.25, -0.2) is 0 Å². The molecule has 0 aliphatic heterocycles. The molecule has 0 aromatic rings. The fourth-order valence-electron chi connectivity index (χ4n) is 4.67. The van der Waals surface area contributed by atoms with Gasteiger partial charge in [-0.2, -0.15) is 0 Å². The van der Waals surface area contributed by atoms with E-state index in [1.165, 1.54) is 128 Å². The van der Waals surface area contributed by atoms with Crippen molar-refractivity contribution in [2.75, 3.05) is 6.54 Å². The van der Waals surface area contributed by atoms with E-state index in [1.807, 2.05) is 0 Å². The van der Waals surface area contributed by atoms with Gasteiger partial charge in [0.05, 0.1) is 0 Å². The average Bonchev–Trinajstić information content (AvgIpc) is 2.94. The quantitative estimate of drug-likeness (QED) is 0.0416. The summed E-state index contributed by atoms with van der Waals surface area (Å²) in [6.45, 7) is 2.89. The van der Waals surface area contributed by atoms with E-state index >= 15 is 0 Å². The van der Waals surface area contributed by atoms with Crippen LogP contribution >= 0.6 is 0 Å². The second-order valence-electron chi connectivity index (χ2n) is 10.9. The minimum atomic E-state index is -0.676. The first-order valence-corrected chi connectivity index (χ1v) is 16.4. The molecule has 0 bridgehead atoms. The van der Waals surface area contributed by atoms with Crippen LogP contribution in [0.25, 0.3) is 20.9 Å². The molecule has 0 radical (unpaired) electrons. The Kier molecular flexibility index (Phi) is 36.7. The third-order valence-corrected chi connectivity index (χ3v) is 7.11. The first-order chi connectivity index (χ1) is 19.6. The van der Waals surface area contributed by atoms with E-state index in [4.69, 9.17) is 16.2 Å². The van der Waals surface area contributed by atoms with Crippen LogP contribution in [0.5, 0.6) is 0 Å². The second-order valence-corrected chi connectivity index (χ2v) is 10.9. The summed E-state index contributed by atoms with van der Waals surface area (Å²) in [6, 6.07) is 0. The van der Waals surface area contributed by atoms with Gasteiger partial charge in [-0.05, 0) is 35.4 Å². The van der Waals surface area contributed by atoms with Gasteiger partial charge in [0.25, 0.3) is 0 Å². The van der Waals surface area contributed by atoms with Crippen LogP contribution in [-0.4, -0.2) is 23.5 Å². The normalized spacial score (nSPS) is 10.2. The van der Waals surface area contributed by atoms with Crippen LogP contribution in [0.2, 0.25) is 0 Å². The molecule has 0 aliphatic rings. The Labute approximate surface area is 244 Å². The molecule has 0 rings (SSSR count). The zero-order valence-electron chi connectivity index (χ0n) is 25.7. The highest BCUT2D eigenvalue weighted by atomic mass is 16.4. The molecule has 9 heteroatoms. The van der Waals surface area contributed by atoms with Gasteiger partial charge < -0.3 is 5.11 Å². The van der Waals surface area contributed by atoms with Crippen LogP contribution in [-0.2, 0) is 9.59 Å². The maximum absolute atomic E-state index is 10.9.